The van der Waals surface area contributed by atoms with Crippen molar-refractivity contribution in [2.24, 2.45) is 0 Å². The molecule has 1 N–H and O–H groups in total. The second-order valence-corrected chi connectivity index (χ2v) is 9.49. The van der Waals surface area contributed by atoms with Crippen LogP contribution >= 0.6 is 11.8 Å². The number of nitrogens with zero attached hydrogens (tertiary/aromatic N) is 2. The van der Waals surface area contributed by atoms with Crippen molar-refractivity contribution in [1.29, 1.82) is 0 Å². The number of carbonyl (C=O) groups excluding carboxylic acids is 2. The highest BCUT2D eigenvalue weighted by molar-refractivity contribution is 8.01. The highest BCUT2D eigenvalue weighted by Gasteiger charge is 2.59. The van der Waals surface area contributed by atoms with Crippen molar-refractivity contribution < 1.29 is 23.5 Å². The van der Waals surface area contributed by atoms with Gasteiger partial charge in [0, 0.05) is 23.5 Å². The van der Waals surface area contributed by atoms with Gasteiger partial charge in [0.15, 0.2) is 4.87 Å². The average molecular weight is 494 g/mol. The van der Waals surface area contributed by atoms with Crippen LogP contribution in [0.2, 0.25) is 0 Å². The highest BCUT2D eigenvalue weighted by Crippen LogP contribution is 2.55. The number of benzene rings is 3. The Labute approximate surface area is 206 Å². The fraction of sp³-hybridized carbons (Fsp3) is 0.231. The molecule has 1 fully saturated rings. The van der Waals surface area contributed by atoms with Crippen molar-refractivity contribution in [3.05, 3.63) is 83.7 Å². The van der Waals surface area contributed by atoms with Crippen LogP contribution in [0.3, 0.4) is 0 Å². The van der Waals surface area contributed by atoms with Crippen LogP contribution in [0.5, 0.6) is 11.5 Å². The molecule has 0 bridgehead atoms. The van der Waals surface area contributed by atoms with Crippen molar-refractivity contribution >= 4 is 35.1 Å². The number of hydrogen-bond acceptors (Lipinski definition) is 5. The maximum Gasteiger partial charge on any atom is 0.323 e. The Morgan fingerprint density at radius 3 is 2.54 bits per heavy atom. The van der Waals surface area contributed by atoms with Gasteiger partial charge in [0.1, 0.15) is 17.3 Å². The molecule has 180 valence electrons. The number of thioether (sulfide) groups is 1. The van der Waals surface area contributed by atoms with Crippen molar-refractivity contribution in [1.82, 2.24) is 4.90 Å². The van der Waals surface area contributed by atoms with E-state index in [9.17, 15) is 14.0 Å². The third-order valence-electron chi connectivity index (χ3n) is 6.22. The molecule has 0 aliphatic carbocycles. The molecule has 3 aromatic carbocycles. The fourth-order valence-electron chi connectivity index (χ4n) is 4.56. The lowest BCUT2D eigenvalue weighted by molar-refractivity contribution is -0.123. The van der Waals surface area contributed by atoms with E-state index in [0.717, 1.165) is 11.3 Å². The van der Waals surface area contributed by atoms with Crippen LogP contribution in [0.25, 0.3) is 0 Å². The van der Waals surface area contributed by atoms with Crippen LogP contribution in [0.15, 0.2) is 66.7 Å². The van der Waals surface area contributed by atoms with Gasteiger partial charge in [0.25, 0.3) is 5.91 Å². The van der Waals surface area contributed by atoms with E-state index in [2.05, 4.69) is 5.32 Å². The normalized spacial score (nSPS) is 18.7. The van der Waals surface area contributed by atoms with Gasteiger partial charge in [-0.1, -0.05) is 12.1 Å². The molecule has 3 aromatic rings. The van der Waals surface area contributed by atoms with Gasteiger partial charge in [0.05, 0.1) is 26.5 Å². The van der Waals surface area contributed by atoms with Gasteiger partial charge in [-0.25, -0.2) is 9.18 Å². The maximum atomic E-state index is 14.1. The lowest BCUT2D eigenvalue weighted by atomic mass is 10.1. The predicted molar refractivity (Wildman–Crippen MR) is 133 cm³/mol. The van der Waals surface area contributed by atoms with Gasteiger partial charge in [-0.3, -0.25) is 9.69 Å². The lowest BCUT2D eigenvalue weighted by Gasteiger charge is -2.33. The summed E-state index contributed by atoms with van der Waals surface area (Å²) < 4.78 is 24.1. The van der Waals surface area contributed by atoms with Crippen molar-refractivity contribution in [3.8, 4) is 11.5 Å². The first kappa shape index (κ1) is 23.0. The number of urea groups is 1. The average Bonchev–Trinajstić information content (AvgIpc) is 3.42. The summed E-state index contributed by atoms with van der Waals surface area (Å²) in [4.78, 5) is 29.6. The monoisotopic (exact) mass is 493 g/mol. The minimum Gasteiger partial charge on any atom is -0.497 e. The number of ether oxygens (including phenoxy) is 2. The molecule has 9 heteroatoms. The molecule has 5 rings (SSSR count). The van der Waals surface area contributed by atoms with E-state index in [-0.39, 0.29) is 5.91 Å². The van der Waals surface area contributed by atoms with Gasteiger partial charge >= 0.3 is 6.03 Å². The van der Waals surface area contributed by atoms with Gasteiger partial charge in [-0.15, -0.1) is 11.8 Å². The van der Waals surface area contributed by atoms with E-state index in [1.807, 2.05) is 42.5 Å². The molecule has 35 heavy (non-hydrogen) atoms. The largest absolute Gasteiger partial charge is 0.497 e. The number of methoxy groups -OCH3 is 2. The molecule has 0 unspecified atom stereocenters. The molecule has 2 aliphatic rings. The van der Waals surface area contributed by atoms with E-state index >= 15 is 0 Å². The third-order valence-corrected chi connectivity index (χ3v) is 7.64. The molecule has 0 radical (unpaired) electrons. The number of nitrogens with one attached hydrogen (secondary N) is 1. The zero-order valence-corrected chi connectivity index (χ0v) is 20.1. The number of carbonyl (C=O) groups is 2. The molecule has 1 spiro atoms. The van der Waals surface area contributed by atoms with Crippen molar-refractivity contribution in [3.63, 3.8) is 0 Å². The molecule has 0 aromatic heterocycles. The van der Waals surface area contributed by atoms with Gasteiger partial charge < -0.3 is 19.7 Å². The van der Waals surface area contributed by atoms with Crippen LogP contribution in [-0.2, 0) is 16.2 Å². The number of fused-ring (bicyclic) bond motifs is 2. The molecule has 1 saturated heterocycles. The van der Waals surface area contributed by atoms with E-state index in [1.165, 1.54) is 36.0 Å². The molecule has 7 nitrogen and oxygen atoms in total. The second kappa shape index (κ2) is 9.14. The van der Waals surface area contributed by atoms with Gasteiger partial charge in [0.2, 0.25) is 0 Å². The predicted octanol–water partition coefficient (Wildman–Crippen LogP) is 4.82. The SMILES string of the molecule is COc1cccc(CN2C(=O)[C@@]3(SCCN3C(=O)Nc3ccc(F)cc3)c3cc(OC)ccc32)c1. The summed E-state index contributed by atoms with van der Waals surface area (Å²) in [5.41, 5.74) is 2.80. The minimum atomic E-state index is -1.23. The first-order chi connectivity index (χ1) is 17.0. The number of anilines is 2. The van der Waals surface area contributed by atoms with Crippen LogP contribution in [0.1, 0.15) is 11.1 Å². The molecular formula is C26H24FN3O4S. The maximum absolute atomic E-state index is 14.1. The van der Waals surface area contributed by atoms with Gasteiger partial charge in [-0.05, 0) is 60.2 Å². The summed E-state index contributed by atoms with van der Waals surface area (Å²) in [5.74, 6) is 1.31. The smallest absolute Gasteiger partial charge is 0.323 e. The minimum absolute atomic E-state index is 0.194. The first-order valence-electron chi connectivity index (χ1n) is 11.1. The summed E-state index contributed by atoms with van der Waals surface area (Å²) in [6.45, 7) is 0.707. The lowest BCUT2D eigenvalue weighted by Crippen LogP contribution is -2.51. The van der Waals surface area contributed by atoms with Crippen molar-refractivity contribution in [2.75, 3.05) is 36.7 Å². The fourth-order valence-corrected chi connectivity index (χ4v) is 6.01. The van der Waals surface area contributed by atoms with Crippen LogP contribution < -0.4 is 19.7 Å². The molecular weight excluding hydrogens is 469 g/mol. The Kier molecular flexibility index (Phi) is 6.02. The Bertz CT molecular complexity index is 1290. The Hall–Kier alpha value is -3.72. The molecule has 1 atom stereocenters. The number of rotatable bonds is 5. The number of halogens is 1. The summed E-state index contributed by atoms with van der Waals surface area (Å²) in [5, 5.41) is 2.81. The van der Waals surface area contributed by atoms with E-state index in [4.69, 9.17) is 9.47 Å². The quantitative estimate of drug-likeness (QED) is 0.552. The Balaban J connectivity index is 1.53. The molecule has 3 amide bonds. The molecule has 2 aliphatic heterocycles. The Morgan fingerprint density at radius 1 is 1.06 bits per heavy atom. The number of amides is 3. The summed E-state index contributed by atoms with van der Waals surface area (Å²) in [6.07, 6.45) is 0. The topological polar surface area (TPSA) is 71.1 Å². The third kappa shape index (κ3) is 3.95. The number of hydrogen-bond donors (Lipinski definition) is 1. The zero-order chi connectivity index (χ0) is 24.6. The van der Waals surface area contributed by atoms with E-state index < -0.39 is 16.7 Å². The second-order valence-electron chi connectivity index (χ2n) is 8.21. The van der Waals surface area contributed by atoms with Crippen LogP contribution in [0.4, 0.5) is 20.6 Å². The van der Waals surface area contributed by atoms with E-state index in [1.54, 1.807) is 24.0 Å². The van der Waals surface area contributed by atoms with Crippen LogP contribution in [-0.4, -0.2) is 43.4 Å². The summed E-state index contributed by atoms with van der Waals surface area (Å²) >= 11 is 1.43. The molecule has 0 saturated carbocycles. The van der Waals surface area contributed by atoms with Gasteiger partial charge in [-0.2, -0.15) is 0 Å². The standard InChI is InChI=1S/C26H24FN3O4S/c1-33-20-5-3-4-17(14-20)16-29-23-11-10-21(34-2)15-22(23)26(24(29)31)30(12-13-35-26)25(32)28-19-8-6-18(27)7-9-19/h3-11,14-15H,12-13,16H2,1-2H3,(H,28,32)/t26-/m0/s1. The van der Waals surface area contributed by atoms with Crippen LogP contribution in [0, 0.1) is 5.82 Å². The van der Waals surface area contributed by atoms with E-state index in [0.29, 0.717) is 41.6 Å². The summed E-state index contributed by atoms with van der Waals surface area (Å²) in [6, 6.07) is 18.2. The highest BCUT2D eigenvalue weighted by atomic mass is 32.2. The van der Waals surface area contributed by atoms with Crippen molar-refractivity contribution in [2.45, 2.75) is 11.4 Å². The summed E-state index contributed by atoms with van der Waals surface area (Å²) in [7, 11) is 3.17. The first-order valence-corrected chi connectivity index (χ1v) is 12.1. The molecule has 2 heterocycles. The Morgan fingerprint density at radius 2 is 1.80 bits per heavy atom. The zero-order valence-electron chi connectivity index (χ0n) is 19.3.